The Kier molecular flexibility index (Phi) is 4.72. The van der Waals surface area contributed by atoms with E-state index in [1.807, 2.05) is 12.1 Å². The molecule has 2 aromatic rings. The van der Waals surface area contributed by atoms with Gasteiger partial charge in [0.25, 0.3) is 0 Å². The Bertz CT molecular complexity index is 604. The standard InChI is InChI=1S/C18H21ClO/c1-12-5-8-18(20-4)16(9-12)17(19)11-15-7-6-13(2)14(3)10-15/h5-10,17H,11H2,1-4H3. The number of benzene rings is 2. The van der Waals surface area contributed by atoms with Crippen LogP contribution in [0.1, 0.15) is 33.2 Å². The molecule has 1 atom stereocenters. The Morgan fingerprint density at radius 3 is 2.40 bits per heavy atom. The first-order chi connectivity index (χ1) is 9.51. The van der Waals surface area contributed by atoms with Gasteiger partial charge in [-0.3, -0.25) is 0 Å². The van der Waals surface area contributed by atoms with Crippen LogP contribution >= 0.6 is 11.6 Å². The Morgan fingerprint density at radius 1 is 1.00 bits per heavy atom. The van der Waals surface area contributed by atoms with E-state index in [0.29, 0.717) is 0 Å². The predicted molar refractivity (Wildman–Crippen MR) is 85.9 cm³/mol. The van der Waals surface area contributed by atoms with Gasteiger partial charge in [-0.15, -0.1) is 11.6 Å². The van der Waals surface area contributed by atoms with E-state index in [2.05, 4.69) is 45.0 Å². The smallest absolute Gasteiger partial charge is 0.123 e. The number of ether oxygens (including phenoxy) is 1. The summed E-state index contributed by atoms with van der Waals surface area (Å²) in [5.41, 5.74) is 6.14. The summed E-state index contributed by atoms with van der Waals surface area (Å²) in [4.78, 5) is 0. The minimum atomic E-state index is -0.0769. The van der Waals surface area contributed by atoms with Gasteiger partial charge >= 0.3 is 0 Å². The van der Waals surface area contributed by atoms with Gasteiger partial charge in [-0.05, 0) is 49.9 Å². The molecule has 0 aliphatic rings. The summed E-state index contributed by atoms with van der Waals surface area (Å²) in [7, 11) is 1.69. The number of halogens is 1. The molecule has 106 valence electrons. The second kappa shape index (κ2) is 6.32. The third-order valence-corrected chi connectivity index (χ3v) is 4.10. The Labute approximate surface area is 126 Å². The highest BCUT2D eigenvalue weighted by Crippen LogP contribution is 2.33. The summed E-state index contributed by atoms with van der Waals surface area (Å²) in [5, 5.41) is -0.0769. The van der Waals surface area contributed by atoms with Crippen molar-refractivity contribution in [1.29, 1.82) is 0 Å². The van der Waals surface area contributed by atoms with Crippen LogP contribution in [0.5, 0.6) is 5.75 Å². The van der Waals surface area contributed by atoms with Crippen LogP contribution in [0, 0.1) is 20.8 Å². The van der Waals surface area contributed by atoms with Gasteiger partial charge in [-0.1, -0.05) is 35.9 Å². The van der Waals surface area contributed by atoms with Crippen molar-refractivity contribution < 1.29 is 4.74 Å². The lowest BCUT2D eigenvalue weighted by Crippen LogP contribution is -2.00. The van der Waals surface area contributed by atoms with E-state index in [0.717, 1.165) is 17.7 Å². The monoisotopic (exact) mass is 288 g/mol. The Balaban J connectivity index is 2.25. The van der Waals surface area contributed by atoms with Crippen molar-refractivity contribution >= 4 is 11.6 Å². The number of hydrogen-bond donors (Lipinski definition) is 0. The van der Waals surface area contributed by atoms with Gasteiger partial charge in [0.2, 0.25) is 0 Å². The normalized spacial score (nSPS) is 12.2. The van der Waals surface area contributed by atoms with Crippen LogP contribution < -0.4 is 4.74 Å². The van der Waals surface area contributed by atoms with E-state index in [1.165, 1.54) is 22.3 Å². The highest BCUT2D eigenvalue weighted by Gasteiger charge is 2.14. The summed E-state index contributed by atoms with van der Waals surface area (Å²) in [5.74, 6) is 0.861. The van der Waals surface area contributed by atoms with E-state index >= 15 is 0 Å². The second-order valence-corrected chi connectivity index (χ2v) is 5.86. The first-order valence-electron chi connectivity index (χ1n) is 6.86. The molecule has 20 heavy (non-hydrogen) atoms. The Hall–Kier alpha value is -1.47. The highest BCUT2D eigenvalue weighted by atomic mass is 35.5. The van der Waals surface area contributed by atoms with Crippen LogP contribution in [0.2, 0.25) is 0 Å². The lowest BCUT2D eigenvalue weighted by atomic mass is 9.99. The molecule has 2 heteroatoms. The zero-order valence-corrected chi connectivity index (χ0v) is 13.3. The molecule has 0 aromatic heterocycles. The number of alkyl halides is 1. The van der Waals surface area contributed by atoms with Gasteiger partial charge < -0.3 is 4.74 Å². The van der Waals surface area contributed by atoms with Gasteiger partial charge in [0.15, 0.2) is 0 Å². The van der Waals surface area contributed by atoms with E-state index in [-0.39, 0.29) is 5.38 Å². The molecule has 0 saturated carbocycles. The van der Waals surface area contributed by atoms with Crippen molar-refractivity contribution in [3.05, 3.63) is 64.2 Å². The van der Waals surface area contributed by atoms with Gasteiger partial charge in [0.1, 0.15) is 5.75 Å². The molecule has 0 aliphatic carbocycles. The SMILES string of the molecule is COc1ccc(C)cc1C(Cl)Cc1ccc(C)c(C)c1. The van der Waals surface area contributed by atoms with Gasteiger partial charge in [-0.25, -0.2) is 0 Å². The molecule has 2 aromatic carbocycles. The van der Waals surface area contributed by atoms with Crippen LogP contribution in [0.3, 0.4) is 0 Å². The van der Waals surface area contributed by atoms with Gasteiger partial charge in [0.05, 0.1) is 12.5 Å². The topological polar surface area (TPSA) is 9.23 Å². The average Bonchev–Trinajstić information content (AvgIpc) is 2.43. The zero-order chi connectivity index (χ0) is 14.7. The van der Waals surface area contributed by atoms with E-state index < -0.39 is 0 Å². The van der Waals surface area contributed by atoms with Crippen molar-refractivity contribution in [3.63, 3.8) is 0 Å². The van der Waals surface area contributed by atoms with E-state index in [1.54, 1.807) is 7.11 Å². The molecule has 1 unspecified atom stereocenters. The maximum atomic E-state index is 6.61. The average molecular weight is 289 g/mol. The largest absolute Gasteiger partial charge is 0.496 e. The highest BCUT2D eigenvalue weighted by molar-refractivity contribution is 6.21. The van der Waals surface area contributed by atoms with Crippen molar-refractivity contribution in [3.8, 4) is 5.75 Å². The summed E-state index contributed by atoms with van der Waals surface area (Å²) < 4.78 is 5.42. The van der Waals surface area contributed by atoms with Crippen LogP contribution in [-0.4, -0.2) is 7.11 Å². The van der Waals surface area contributed by atoms with Crippen molar-refractivity contribution in [2.45, 2.75) is 32.6 Å². The molecule has 0 spiro atoms. The number of aryl methyl sites for hydroxylation is 3. The Morgan fingerprint density at radius 2 is 1.75 bits per heavy atom. The van der Waals surface area contributed by atoms with Gasteiger partial charge in [-0.2, -0.15) is 0 Å². The van der Waals surface area contributed by atoms with Gasteiger partial charge in [0, 0.05) is 5.56 Å². The molecule has 2 rings (SSSR count). The minimum Gasteiger partial charge on any atom is -0.496 e. The lowest BCUT2D eigenvalue weighted by Gasteiger charge is -2.15. The maximum Gasteiger partial charge on any atom is 0.123 e. The molecule has 0 fully saturated rings. The molecule has 0 radical (unpaired) electrons. The first-order valence-corrected chi connectivity index (χ1v) is 7.29. The number of hydrogen-bond acceptors (Lipinski definition) is 1. The molecule has 0 N–H and O–H groups in total. The van der Waals surface area contributed by atoms with Crippen LogP contribution in [0.4, 0.5) is 0 Å². The van der Waals surface area contributed by atoms with E-state index in [9.17, 15) is 0 Å². The van der Waals surface area contributed by atoms with Crippen LogP contribution in [0.25, 0.3) is 0 Å². The molecular weight excluding hydrogens is 268 g/mol. The first kappa shape index (κ1) is 14.9. The summed E-state index contributed by atoms with van der Waals surface area (Å²) in [6.07, 6.45) is 0.808. The third-order valence-electron chi connectivity index (χ3n) is 3.71. The van der Waals surface area contributed by atoms with Crippen molar-refractivity contribution in [1.82, 2.24) is 0 Å². The summed E-state index contributed by atoms with van der Waals surface area (Å²) in [6.45, 7) is 6.33. The fourth-order valence-electron chi connectivity index (χ4n) is 2.35. The fourth-order valence-corrected chi connectivity index (χ4v) is 2.69. The molecule has 0 amide bonds. The zero-order valence-electron chi connectivity index (χ0n) is 12.5. The molecule has 0 saturated heterocycles. The molecule has 1 nitrogen and oxygen atoms in total. The van der Waals surface area contributed by atoms with Crippen LogP contribution in [-0.2, 0) is 6.42 Å². The molecule has 0 aliphatic heterocycles. The summed E-state index contributed by atoms with van der Waals surface area (Å²) >= 11 is 6.61. The quantitative estimate of drug-likeness (QED) is 0.708. The third kappa shape index (κ3) is 3.34. The molecular formula is C18H21ClO. The second-order valence-electron chi connectivity index (χ2n) is 5.34. The fraction of sp³-hybridized carbons (Fsp3) is 0.333. The van der Waals surface area contributed by atoms with E-state index in [4.69, 9.17) is 16.3 Å². The van der Waals surface area contributed by atoms with Crippen LogP contribution in [0.15, 0.2) is 36.4 Å². The summed E-state index contributed by atoms with van der Waals surface area (Å²) in [6, 6.07) is 12.7. The predicted octanol–water partition coefficient (Wildman–Crippen LogP) is 5.14. The van der Waals surface area contributed by atoms with Crippen molar-refractivity contribution in [2.24, 2.45) is 0 Å². The maximum absolute atomic E-state index is 6.61. The molecule has 0 heterocycles. The number of methoxy groups -OCH3 is 1. The number of rotatable bonds is 4. The lowest BCUT2D eigenvalue weighted by molar-refractivity contribution is 0.409. The molecule has 0 bridgehead atoms. The minimum absolute atomic E-state index is 0.0769. The van der Waals surface area contributed by atoms with Crippen molar-refractivity contribution in [2.75, 3.05) is 7.11 Å².